The van der Waals surface area contributed by atoms with Crippen molar-refractivity contribution in [3.05, 3.63) is 23.8 Å². The third-order valence-electron chi connectivity index (χ3n) is 3.34. The van der Waals surface area contributed by atoms with E-state index in [-0.39, 0.29) is 17.5 Å². The zero-order valence-electron chi connectivity index (χ0n) is 10.7. The van der Waals surface area contributed by atoms with Crippen LogP contribution in [0.15, 0.2) is 23.8 Å². The van der Waals surface area contributed by atoms with Gasteiger partial charge in [-0.05, 0) is 51.2 Å². The summed E-state index contributed by atoms with van der Waals surface area (Å²) in [6, 6.07) is 0. The first-order valence-electron chi connectivity index (χ1n) is 5.92. The zero-order valence-corrected chi connectivity index (χ0v) is 10.7. The van der Waals surface area contributed by atoms with Crippen LogP contribution in [-0.4, -0.2) is 22.3 Å². The SMILES string of the molecule is CC(=O)C=CCC(C)(O)C1CC=C(C)C(=O)C1. The first kappa shape index (κ1) is 13.8. The van der Waals surface area contributed by atoms with Crippen molar-refractivity contribution < 1.29 is 14.7 Å². The second-order valence-electron chi connectivity index (χ2n) is 5.02. The van der Waals surface area contributed by atoms with E-state index in [1.807, 2.05) is 13.0 Å². The molecule has 2 atom stereocenters. The Morgan fingerprint density at radius 2 is 2.29 bits per heavy atom. The minimum absolute atomic E-state index is 0.0312. The minimum atomic E-state index is -0.932. The molecule has 17 heavy (non-hydrogen) atoms. The Morgan fingerprint density at radius 1 is 1.65 bits per heavy atom. The fraction of sp³-hybridized carbons (Fsp3) is 0.571. The lowest BCUT2D eigenvalue weighted by Gasteiger charge is -2.33. The van der Waals surface area contributed by atoms with Gasteiger partial charge in [-0.3, -0.25) is 9.59 Å². The lowest BCUT2D eigenvalue weighted by atomic mass is 9.76. The number of carbonyl (C=O) groups excluding carboxylic acids is 2. The van der Waals surface area contributed by atoms with Gasteiger partial charge in [0, 0.05) is 6.42 Å². The highest BCUT2D eigenvalue weighted by atomic mass is 16.3. The molecule has 0 bridgehead atoms. The van der Waals surface area contributed by atoms with Gasteiger partial charge in [0.05, 0.1) is 5.60 Å². The van der Waals surface area contributed by atoms with E-state index in [0.29, 0.717) is 12.8 Å². The monoisotopic (exact) mass is 236 g/mol. The number of aliphatic hydroxyl groups is 1. The highest BCUT2D eigenvalue weighted by Gasteiger charge is 2.33. The van der Waals surface area contributed by atoms with Gasteiger partial charge in [-0.15, -0.1) is 0 Å². The van der Waals surface area contributed by atoms with E-state index in [1.165, 1.54) is 13.0 Å². The van der Waals surface area contributed by atoms with Gasteiger partial charge in [-0.25, -0.2) is 0 Å². The molecule has 0 amide bonds. The molecule has 0 aromatic carbocycles. The van der Waals surface area contributed by atoms with Crippen molar-refractivity contribution in [2.24, 2.45) is 5.92 Å². The number of rotatable bonds is 4. The van der Waals surface area contributed by atoms with Crippen molar-refractivity contribution in [3.63, 3.8) is 0 Å². The van der Waals surface area contributed by atoms with Crippen molar-refractivity contribution in [2.75, 3.05) is 0 Å². The maximum absolute atomic E-state index is 11.6. The smallest absolute Gasteiger partial charge is 0.158 e. The molecule has 0 saturated carbocycles. The largest absolute Gasteiger partial charge is 0.390 e. The number of hydrogen-bond donors (Lipinski definition) is 1. The second kappa shape index (κ2) is 5.41. The molecule has 3 heteroatoms. The van der Waals surface area contributed by atoms with Crippen molar-refractivity contribution in [1.82, 2.24) is 0 Å². The molecule has 0 spiro atoms. The van der Waals surface area contributed by atoms with Crippen molar-refractivity contribution in [3.8, 4) is 0 Å². The van der Waals surface area contributed by atoms with Crippen LogP contribution < -0.4 is 0 Å². The Bertz CT molecular complexity index is 375. The van der Waals surface area contributed by atoms with Gasteiger partial charge >= 0.3 is 0 Å². The molecule has 0 heterocycles. The summed E-state index contributed by atoms with van der Waals surface area (Å²) in [7, 11) is 0. The van der Waals surface area contributed by atoms with Gasteiger partial charge < -0.3 is 5.11 Å². The maximum Gasteiger partial charge on any atom is 0.158 e. The lowest BCUT2D eigenvalue weighted by Crippen LogP contribution is -2.37. The van der Waals surface area contributed by atoms with Gasteiger partial charge in [-0.1, -0.05) is 12.2 Å². The molecule has 2 unspecified atom stereocenters. The van der Waals surface area contributed by atoms with Crippen molar-refractivity contribution >= 4 is 11.6 Å². The maximum atomic E-state index is 11.6. The van der Waals surface area contributed by atoms with Crippen LogP contribution in [0.25, 0.3) is 0 Å². The predicted molar refractivity (Wildman–Crippen MR) is 66.5 cm³/mol. The van der Waals surface area contributed by atoms with Gasteiger partial charge in [0.1, 0.15) is 0 Å². The summed E-state index contributed by atoms with van der Waals surface area (Å²) in [5.41, 5.74) is -0.143. The molecule has 0 aromatic heterocycles. The van der Waals surface area contributed by atoms with E-state index < -0.39 is 5.60 Å². The standard InChI is InChI=1S/C14H20O3/c1-10-6-7-12(9-13(10)16)14(3,17)8-4-5-11(2)15/h4-6,12,17H,7-9H2,1-3H3. The van der Waals surface area contributed by atoms with Crippen LogP contribution in [-0.2, 0) is 9.59 Å². The highest BCUT2D eigenvalue weighted by molar-refractivity contribution is 5.95. The summed E-state index contributed by atoms with van der Waals surface area (Å²) in [5.74, 6) is 0.0173. The van der Waals surface area contributed by atoms with Crippen LogP contribution in [0.1, 0.15) is 40.0 Å². The molecule has 1 rings (SSSR count). The fourth-order valence-corrected chi connectivity index (χ4v) is 2.00. The molecule has 3 nitrogen and oxygen atoms in total. The average molecular weight is 236 g/mol. The van der Waals surface area contributed by atoms with E-state index in [0.717, 1.165) is 12.0 Å². The third kappa shape index (κ3) is 3.93. The van der Waals surface area contributed by atoms with E-state index in [2.05, 4.69) is 0 Å². The summed E-state index contributed by atoms with van der Waals surface area (Å²) in [6.07, 6.45) is 6.54. The molecular weight excluding hydrogens is 216 g/mol. The summed E-state index contributed by atoms with van der Waals surface area (Å²) < 4.78 is 0. The van der Waals surface area contributed by atoms with Gasteiger partial charge in [0.25, 0.3) is 0 Å². The van der Waals surface area contributed by atoms with Crippen LogP contribution in [0, 0.1) is 5.92 Å². The Morgan fingerprint density at radius 3 is 2.82 bits per heavy atom. The van der Waals surface area contributed by atoms with E-state index >= 15 is 0 Å². The zero-order chi connectivity index (χ0) is 13.1. The van der Waals surface area contributed by atoms with Gasteiger partial charge in [0.15, 0.2) is 11.6 Å². The Hall–Kier alpha value is -1.22. The van der Waals surface area contributed by atoms with Gasteiger partial charge in [-0.2, -0.15) is 0 Å². The Balaban J connectivity index is 2.65. The first-order valence-corrected chi connectivity index (χ1v) is 5.92. The van der Waals surface area contributed by atoms with Crippen LogP contribution in [0.5, 0.6) is 0 Å². The molecule has 0 aromatic rings. The highest BCUT2D eigenvalue weighted by Crippen LogP contribution is 2.32. The second-order valence-corrected chi connectivity index (χ2v) is 5.02. The Kier molecular flexibility index (Phi) is 4.40. The average Bonchev–Trinajstić information content (AvgIpc) is 2.21. The first-order chi connectivity index (χ1) is 7.83. The summed E-state index contributed by atoms with van der Waals surface area (Å²) in [4.78, 5) is 22.4. The van der Waals surface area contributed by atoms with E-state index in [1.54, 1.807) is 13.0 Å². The van der Waals surface area contributed by atoms with E-state index in [9.17, 15) is 14.7 Å². The lowest BCUT2D eigenvalue weighted by molar-refractivity contribution is -0.119. The number of allylic oxidation sites excluding steroid dienone is 3. The van der Waals surface area contributed by atoms with Gasteiger partial charge in [0.2, 0.25) is 0 Å². The molecule has 94 valence electrons. The van der Waals surface area contributed by atoms with E-state index in [4.69, 9.17) is 0 Å². The molecular formula is C14H20O3. The van der Waals surface area contributed by atoms with Crippen LogP contribution >= 0.6 is 0 Å². The molecule has 1 aliphatic carbocycles. The number of Topliss-reactive ketones (excluding diaryl/α,β-unsaturated/α-hetero) is 1. The molecule has 0 aliphatic heterocycles. The molecule has 1 aliphatic rings. The predicted octanol–water partition coefficient (Wildman–Crippen LogP) is 2.20. The quantitative estimate of drug-likeness (QED) is 0.761. The summed E-state index contributed by atoms with van der Waals surface area (Å²) in [6.45, 7) is 5.01. The number of ketones is 2. The molecule has 0 radical (unpaired) electrons. The number of hydrogen-bond acceptors (Lipinski definition) is 3. The molecule has 0 saturated heterocycles. The van der Waals surface area contributed by atoms with Crippen LogP contribution in [0.2, 0.25) is 0 Å². The summed E-state index contributed by atoms with van der Waals surface area (Å²) in [5, 5.41) is 10.3. The van der Waals surface area contributed by atoms with Crippen LogP contribution in [0.4, 0.5) is 0 Å². The molecule has 1 N–H and O–H groups in total. The minimum Gasteiger partial charge on any atom is -0.390 e. The normalized spacial score (nSPS) is 24.6. The van der Waals surface area contributed by atoms with Crippen molar-refractivity contribution in [2.45, 2.75) is 45.6 Å². The van der Waals surface area contributed by atoms with Crippen LogP contribution in [0.3, 0.4) is 0 Å². The topological polar surface area (TPSA) is 54.4 Å². The Labute approximate surface area is 102 Å². The van der Waals surface area contributed by atoms with Crippen molar-refractivity contribution in [1.29, 1.82) is 0 Å². The number of carbonyl (C=O) groups is 2. The molecule has 0 fully saturated rings. The fourth-order valence-electron chi connectivity index (χ4n) is 2.00. The third-order valence-corrected chi connectivity index (χ3v) is 3.34. The summed E-state index contributed by atoms with van der Waals surface area (Å²) >= 11 is 0.